The van der Waals surface area contributed by atoms with Crippen molar-refractivity contribution < 1.29 is 0 Å². The van der Waals surface area contributed by atoms with Gasteiger partial charge in [0, 0.05) is 30.7 Å². The van der Waals surface area contributed by atoms with Crippen LogP contribution in [0.1, 0.15) is 30.5 Å². The second kappa shape index (κ2) is 5.68. The van der Waals surface area contributed by atoms with Crippen molar-refractivity contribution in [3.05, 3.63) is 23.4 Å². The molecule has 2 saturated heterocycles. The first kappa shape index (κ1) is 13.2. The van der Waals surface area contributed by atoms with Gasteiger partial charge in [-0.2, -0.15) is 0 Å². The van der Waals surface area contributed by atoms with Crippen molar-refractivity contribution in [1.29, 1.82) is 0 Å². The van der Waals surface area contributed by atoms with Gasteiger partial charge in [-0.05, 0) is 50.9 Å². The number of alkyl halides is 1. The number of pyridine rings is 1. The Labute approximate surface area is 120 Å². The van der Waals surface area contributed by atoms with Crippen molar-refractivity contribution in [1.82, 2.24) is 9.88 Å². The Kier molecular flexibility index (Phi) is 3.94. The van der Waals surface area contributed by atoms with Gasteiger partial charge in [0.2, 0.25) is 0 Å². The fourth-order valence-corrected chi connectivity index (χ4v) is 3.53. The van der Waals surface area contributed by atoms with E-state index in [0.29, 0.717) is 5.88 Å². The molecule has 19 heavy (non-hydrogen) atoms. The third-order valence-electron chi connectivity index (χ3n) is 4.47. The highest BCUT2D eigenvalue weighted by atomic mass is 35.5. The predicted octanol–water partition coefficient (Wildman–Crippen LogP) is 2.80. The minimum atomic E-state index is 0.551. The zero-order valence-electron chi connectivity index (χ0n) is 11.6. The number of aryl methyl sites for hydroxylation is 1. The molecule has 104 valence electrons. The number of anilines is 1. The summed E-state index contributed by atoms with van der Waals surface area (Å²) in [6, 6.07) is 4.97. The van der Waals surface area contributed by atoms with E-state index < -0.39 is 0 Å². The van der Waals surface area contributed by atoms with Gasteiger partial charge in [0.25, 0.3) is 0 Å². The molecule has 1 aromatic heterocycles. The molecule has 0 radical (unpaired) electrons. The van der Waals surface area contributed by atoms with E-state index in [1.807, 2.05) is 0 Å². The average molecular weight is 280 g/mol. The molecular weight excluding hydrogens is 258 g/mol. The summed E-state index contributed by atoms with van der Waals surface area (Å²) in [4.78, 5) is 9.79. The minimum absolute atomic E-state index is 0.551. The molecule has 3 heterocycles. The van der Waals surface area contributed by atoms with Gasteiger partial charge >= 0.3 is 0 Å². The molecule has 0 saturated carbocycles. The molecule has 3 nitrogen and oxygen atoms in total. The van der Waals surface area contributed by atoms with Crippen LogP contribution in [-0.2, 0) is 5.88 Å². The Morgan fingerprint density at radius 1 is 1.26 bits per heavy atom. The van der Waals surface area contributed by atoms with E-state index in [1.54, 1.807) is 0 Å². The largest absolute Gasteiger partial charge is 0.355 e. The summed E-state index contributed by atoms with van der Waals surface area (Å²) in [7, 11) is 0. The lowest BCUT2D eigenvalue weighted by Gasteiger charge is -2.24. The number of nitrogens with zero attached hydrogens (tertiary/aromatic N) is 3. The number of likely N-dealkylation sites (tertiary alicyclic amines) is 1. The van der Waals surface area contributed by atoms with Crippen molar-refractivity contribution in [3.8, 4) is 0 Å². The van der Waals surface area contributed by atoms with E-state index in [9.17, 15) is 0 Å². The van der Waals surface area contributed by atoms with Crippen LogP contribution >= 0.6 is 11.6 Å². The van der Waals surface area contributed by atoms with Gasteiger partial charge in [-0.25, -0.2) is 4.98 Å². The number of rotatable bonds is 3. The second-order valence-electron chi connectivity index (χ2n) is 5.68. The van der Waals surface area contributed by atoms with Crippen LogP contribution in [0.25, 0.3) is 0 Å². The highest BCUT2D eigenvalue weighted by Crippen LogP contribution is 2.25. The first-order valence-corrected chi connectivity index (χ1v) is 7.83. The Hall–Kier alpha value is -0.800. The minimum Gasteiger partial charge on any atom is -0.355 e. The Bertz CT molecular complexity index is 443. The molecule has 0 aliphatic carbocycles. The molecule has 2 aliphatic heterocycles. The lowest BCUT2D eigenvalue weighted by atomic mass is 10.2. The van der Waals surface area contributed by atoms with Crippen molar-refractivity contribution in [2.24, 2.45) is 0 Å². The molecule has 1 unspecified atom stereocenters. The number of aromatic nitrogens is 1. The molecule has 4 heteroatoms. The Morgan fingerprint density at radius 2 is 2.05 bits per heavy atom. The standard InChI is InChI=1S/C15H22ClN3/c1-12-13(10-16)4-5-15(17-12)19-9-6-14(11-19)18-7-2-3-8-18/h4-5,14H,2-3,6-11H2,1H3. The van der Waals surface area contributed by atoms with Crippen LogP contribution in [0.3, 0.4) is 0 Å². The van der Waals surface area contributed by atoms with E-state index >= 15 is 0 Å². The van der Waals surface area contributed by atoms with Gasteiger partial charge in [0.05, 0.1) is 0 Å². The Morgan fingerprint density at radius 3 is 2.74 bits per heavy atom. The van der Waals surface area contributed by atoms with Crippen molar-refractivity contribution in [2.45, 2.75) is 38.1 Å². The third-order valence-corrected chi connectivity index (χ3v) is 4.76. The quantitative estimate of drug-likeness (QED) is 0.793. The van der Waals surface area contributed by atoms with E-state index in [-0.39, 0.29) is 0 Å². The monoisotopic (exact) mass is 279 g/mol. The summed E-state index contributed by atoms with van der Waals surface area (Å²) in [6.07, 6.45) is 4.02. The first-order valence-electron chi connectivity index (χ1n) is 7.29. The molecule has 0 bridgehead atoms. The van der Waals surface area contributed by atoms with E-state index in [2.05, 4.69) is 28.9 Å². The van der Waals surface area contributed by atoms with Crippen LogP contribution in [0.15, 0.2) is 12.1 Å². The van der Waals surface area contributed by atoms with Crippen LogP contribution in [0.4, 0.5) is 5.82 Å². The zero-order chi connectivity index (χ0) is 13.2. The summed E-state index contributed by atoms with van der Waals surface area (Å²) < 4.78 is 0. The van der Waals surface area contributed by atoms with Crippen molar-refractivity contribution in [2.75, 3.05) is 31.1 Å². The molecule has 1 atom stereocenters. The molecule has 2 aliphatic rings. The van der Waals surface area contributed by atoms with Crippen LogP contribution in [0.2, 0.25) is 0 Å². The molecular formula is C15H22ClN3. The lowest BCUT2D eigenvalue weighted by molar-refractivity contribution is 0.260. The molecule has 1 aromatic rings. The highest BCUT2D eigenvalue weighted by molar-refractivity contribution is 6.17. The summed E-state index contributed by atoms with van der Waals surface area (Å²) in [6.45, 7) is 6.89. The maximum absolute atomic E-state index is 5.89. The van der Waals surface area contributed by atoms with Gasteiger partial charge in [0.15, 0.2) is 0 Å². The number of hydrogen-bond acceptors (Lipinski definition) is 3. The van der Waals surface area contributed by atoms with Gasteiger partial charge in [-0.3, -0.25) is 4.90 Å². The Balaban J connectivity index is 1.68. The van der Waals surface area contributed by atoms with Gasteiger partial charge in [0.1, 0.15) is 5.82 Å². The number of halogens is 1. The molecule has 0 aromatic carbocycles. The summed E-state index contributed by atoms with van der Waals surface area (Å²) >= 11 is 5.89. The number of hydrogen-bond donors (Lipinski definition) is 0. The van der Waals surface area contributed by atoms with E-state index in [4.69, 9.17) is 16.6 Å². The predicted molar refractivity (Wildman–Crippen MR) is 80.0 cm³/mol. The molecule has 2 fully saturated rings. The maximum Gasteiger partial charge on any atom is 0.128 e. The van der Waals surface area contributed by atoms with E-state index in [0.717, 1.165) is 36.2 Å². The van der Waals surface area contributed by atoms with Crippen molar-refractivity contribution in [3.63, 3.8) is 0 Å². The van der Waals surface area contributed by atoms with Crippen molar-refractivity contribution >= 4 is 17.4 Å². The van der Waals surface area contributed by atoms with Crippen LogP contribution in [0, 0.1) is 6.92 Å². The van der Waals surface area contributed by atoms with Gasteiger partial charge in [-0.15, -0.1) is 11.6 Å². The molecule has 0 amide bonds. The van der Waals surface area contributed by atoms with Crippen LogP contribution in [0.5, 0.6) is 0 Å². The van der Waals surface area contributed by atoms with Crippen LogP contribution in [-0.4, -0.2) is 42.1 Å². The zero-order valence-corrected chi connectivity index (χ0v) is 12.4. The highest BCUT2D eigenvalue weighted by Gasteiger charge is 2.29. The summed E-state index contributed by atoms with van der Waals surface area (Å²) in [5.41, 5.74) is 2.21. The molecule has 0 N–H and O–H groups in total. The average Bonchev–Trinajstić information content (AvgIpc) is 3.09. The van der Waals surface area contributed by atoms with E-state index in [1.165, 1.54) is 32.4 Å². The fraction of sp³-hybridized carbons (Fsp3) is 0.667. The maximum atomic E-state index is 5.89. The normalized spacial score (nSPS) is 24.3. The second-order valence-corrected chi connectivity index (χ2v) is 5.95. The SMILES string of the molecule is Cc1nc(N2CCC(N3CCCC3)C2)ccc1CCl. The summed E-state index contributed by atoms with van der Waals surface area (Å²) in [5.74, 6) is 1.67. The van der Waals surface area contributed by atoms with Gasteiger partial charge in [-0.1, -0.05) is 6.07 Å². The molecule has 3 rings (SSSR count). The van der Waals surface area contributed by atoms with Gasteiger partial charge < -0.3 is 4.90 Å². The molecule has 0 spiro atoms. The summed E-state index contributed by atoms with van der Waals surface area (Å²) in [5, 5.41) is 0. The lowest BCUT2D eigenvalue weighted by Crippen LogP contribution is -2.35. The fourth-order valence-electron chi connectivity index (χ4n) is 3.25. The smallest absolute Gasteiger partial charge is 0.128 e. The first-order chi connectivity index (χ1) is 9.28. The topological polar surface area (TPSA) is 19.4 Å². The third kappa shape index (κ3) is 2.72. The van der Waals surface area contributed by atoms with Crippen LogP contribution < -0.4 is 4.90 Å².